The number of carboxylic acid groups (broad SMARTS) is 1. The number of nitrogens with zero attached hydrogens (tertiary/aromatic N) is 3. The topological polar surface area (TPSA) is 78.6 Å². The van der Waals surface area contributed by atoms with E-state index in [9.17, 15) is 19.4 Å². The summed E-state index contributed by atoms with van der Waals surface area (Å²) in [5.41, 5.74) is 0.372. The van der Waals surface area contributed by atoms with Crippen LogP contribution >= 0.6 is 0 Å². The number of aliphatic carboxylic acids is 1. The summed E-state index contributed by atoms with van der Waals surface area (Å²) in [4.78, 5) is 14.1. The van der Waals surface area contributed by atoms with Gasteiger partial charge in [-0.05, 0) is 36.6 Å². The largest absolute Gasteiger partial charge is 0.481 e. The van der Waals surface area contributed by atoms with Crippen LogP contribution in [-0.4, -0.2) is 50.1 Å². The second kappa shape index (κ2) is 6.93. The van der Waals surface area contributed by atoms with Crippen LogP contribution in [-0.2, 0) is 24.8 Å². The lowest BCUT2D eigenvalue weighted by molar-refractivity contribution is -0.163. The van der Waals surface area contributed by atoms with Crippen LogP contribution in [0.5, 0.6) is 0 Å². The summed E-state index contributed by atoms with van der Waals surface area (Å²) in [6.07, 6.45) is 1.30. The summed E-state index contributed by atoms with van der Waals surface area (Å²) < 4.78 is 14.9. The van der Waals surface area contributed by atoms with E-state index in [4.69, 9.17) is 0 Å². The Morgan fingerprint density at radius 3 is 2.68 bits per heavy atom. The molecule has 2 N–H and O–H groups in total. The predicted molar refractivity (Wildman–Crippen MR) is 89.3 cm³/mol. The molecule has 0 aliphatic carbocycles. The van der Waals surface area contributed by atoms with Gasteiger partial charge >= 0.3 is 5.97 Å². The van der Waals surface area contributed by atoms with Crippen LogP contribution < -0.4 is 0 Å². The number of aliphatic hydroxyl groups excluding tert-OH is 1. The highest BCUT2D eigenvalue weighted by Gasteiger charge is 2.49. The Kier molecular flexibility index (Phi) is 4.87. The monoisotopic (exact) mass is 347 g/mol. The highest BCUT2D eigenvalue weighted by molar-refractivity contribution is 5.76. The summed E-state index contributed by atoms with van der Waals surface area (Å²) in [5.74, 6) is -1.39. The second-order valence-electron chi connectivity index (χ2n) is 6.73. The third-order valence-electron chi connectivity index (χ3n) is 5.03. The molecular weight excluding hydrogens is 325 g/mol. The fourth-order valence-electron chi connectivity index (χ4n) is 3.51. The van der Waals surface area contributed by atoms with E-state index in [1.54, 1.807) is 23.0 Å². The Labute approximate surface area is 145 Å². The van der Waals surface area contributed by atoms with Crippen molar-refractivity contribution in [3.63, 3.8) is 0 Å². The zero-order chi connectivity index (χ0) is 18.0. The van der Waals surface area contributed by atoms with Crippen molar-refractivity contribution in [1.29, 1.82) is 0 Å². The first-order valence-electron chi connectivity index (χ1n) is 8.26. The Morgan fingerprint density at radius 1 is 1.36 bits per heavy atom. The van der Waals surface area contributed by atoms with Crippen LogP contribution in [0.1, 0.15) is 17.7 Å². The molecule has 1 aliphatic rings. The molecule has 0 spiro atoms. The zero-order valence-corrected chi connectivity index (χ0v) is 14.1. The summed E-state index contributed by atoms with van der Waals surface area (Å²) >= 11 is 0. The van der Waals surface area contributed by atoms with Gasteiger partial charge in [-0.15, -0.1) is 0 Å². The van der Waals surface area contributed by atoms with Gasteiger partial charge in [0.25, 0.3) is 0 Å². The molecule has 6 nitrogen and oxygen atoms in total. The van der Waals surface area contributed by atoms with Crippen LogP contribution in [0.3, 0.4) is 0 Å². The van der Waals surface area contributed by atoms with E-state index in [1.807, 2.05) is 18.0 Å². The molecule has 134 valence electrons. The van der Waals surface area contributed by atoms with Crippen molar-refractivity contribution in [2.24, 2.45) is 12.5 Å². The van der Waals surface area contributed by atoms with Gasteiger partial charge in [-0.2, -0.15) is 5.10 Å². The number of carbonyl (C=O) groups is 1. The van der Waals surface area contributed by atoms with Gasteiger partial charge in [0.15, 0.2) is 0 Å². The van der Waals surface area contributed by atoms with Gasteiger partial charge < -0.3 is 10.2 Å². The number of rotatable bonds is 5. The quantitative estimate of drug-likeness (QED) is 0.856. The lowest BCUT2D eigenvalue weighted by atomic mass is 9.73. The minimum atomic E-state index is -1.31. The average molecular weight is 347 g/mol. The summed E-state index contributed by atoms with van der Waals surface area (Å²) in [7, 11) is 1.84. The van der Waals surface area contributed by atoms with Crippen molar-refractivity contribution in [1.82, 2.24) is 14.7 Å². The Balaban J connectivity index is 1.83. The van der Waals surface area contributed by atoms with Gasteiger partial charge in [0.1, 0.15) is 11.2 Å². The maximum atomic E-state index is 13.1. The number of aliphatic hydroxyl groups is 1. The zero-order valence-electron chi connectivity index (χ0n) is 14.1. The number of hydrogen-bond donors (Lipinski definition) is 2. The Hall–Kier alpha value is -2.25. The van der Waals surface area contributed by atoms with E-state index in [-0.39, 0.29) is 18.8 Å². The molecule has 0 saturated carbocycles. The molecule has 2 aromatic rings. The van der Waals surface area contributed by atoms with Crippen molar-refractivity contribution in [3.8, 4) is 0 Å². The molecule has 1 fully saturated rings. The summed E-state index contributed by atoms with van der Waals surface area (Å²) in [6.45, 7) is 1.42. The highest BCUT2D eigenvalue weighted by atomic mass is 19.1. The molecule has 2 atom stereocenters. The van der Waals surface area contributed by atoms with Gasteiger partial charge in [0.2, 0.25) is 0 Å². The minimum absolute atomic E-state index is 0.158. The van der Waals surface area contributed by atoms with Crippen molar-refractivity contribution in [2.75, 3.05) is 13.1 Å². The van der Waals surface area contributed by atoms with E-state index in [0.717, 1.165) is 5.69 Å². The van der Waals surface area contributed by atoms with E-state index >= 15 is 0 Å². The highest BCUT2D eigenvalue weighted by Crippen LogP contribution is 2.35. The molecule has 2 heterocycles. The lowest BCUT2D eigenvalue weighted by Crippen LogP contribution is -2.56. The van der Waals surface area contributed by atoms with E-state index in [1.165, 1.54) is 12.1 Å². The number of aryl methyl sites for hydroxylation is 1. The first-order valence-corrected chi connectivity index (χ1v) is 8.26. The molecule has 0 bridgehead atoms. The standard InChI is InChI=1S/C18H22FN3O3/c1-21-15(6-8-20-21)11-22-9-7-16(23)18(12-22,17(24)25)10-13-2-4-14(19)5-3-13/h2-6,8,16,23H,7,9-12H2,1H3,(H,24,25)/t16-,18+/m0/s1. The van der Waals surface area contributed by atoms with Gasteiger partial charge in [-0.25, -0.2) is 4.39 Å². The van der Waals surface area contributed by atoms with Crippen LogP contribution in [0.25, 0.3) is 0 Å². The summed E-state index contributed by atoms with van der Waals surface area (Å²) in [5, 5.41) is 24.5. The van der Waals surface area contributed by atoms with Crippen molar-refractivity contribution in [2.45, 2.75) is 25.5 Å². The number of piperidine rings is 1. The number of halogens is 1. The first kappa shape index (κ1) is 17.6. The third-order valence-corrected chi connectivity index (χ3v) is 5.03. The lowest BCUT2D eigenvalue weighted by Gasteiger charge is -2.43. The van der Waals surface area contributed by atoms with Crippen LogP contribution in [0.4, 0.5) is 4.39 Å². The molecule has 0 unspecified atom stereocenters. The molecule has 25 heavy (non-hydrogen) atoms. The maximum absolute atomic E-state index is 13.1. The van der Waals surface area contributed by atoms with Crippen molar-refractivity contribution in [3.05, 3.63) is 53.6 Å². The Bertz CT molecular complexity index is 746. The van der Waals surface area contributed by atoms with Crippen molar-refractivity contribution < 1.29 is 19.4 Å². The SMILES string of the molecule is Cn1nccc1CN1CC[C@H](O)[C@](Cc2ccc(F)cc2)(C(=O)O)C1. The fraction of sp³-hybridized carbons (Fsp3) is 0.444. The molecule has 1 aliphatic heterocycles. The van der Waals surface area contributed by atoms with Crippen molar-refractivity contribution >= 4 is 5.97 Å². The molecular formula is C18H22FN3O3. The van der Waals surface area contributed by atoms with Crippen LogP contribution in [0.2, 0.25) is 0 Å². The minimum Gasteiger partial charge on any atom is -0.481 e. The molecule has 1 saturated heterocycles. The first-order chi connectivity index (χ1) is 11.9. The van der Waals surface area contributed by atoms with Gasteiger partial charge in [0, 0.05) is 32.9 Å². The van der Waals surface area contributed by atoms with Crippen LogP contribution in [0, 0.1) is 11.2 Å². The number of benzene rings is 1. The number of likely N-dealkylation sites (tertiary alicyclic amines) is 1. The van der Waals surface area contributed by atoms with E-state index in [0.29, 0.717) is 25.1 Å². The van der Waals surface area contributed by atoms with Gasteiger partial charge in [-0.3, -0.25) is 14.4 Å². The molecule has 1 aromatic heterocycles. The average Bonchev–Trinajstić information content (AvgIpc) is 2.97. The van der Waals surface area contributed by atoms with Gasteiger partial charge in [-0.1, -0.05) is 12.1 Å². The number of aromatic nitrogens is 2. The molecule has 3 rings (SSSR count). The summed E-state index contributed by atoms with van der Waals surface area (Å²) in [6, 6.07) is 7.67. The number of carboxylic acids is 1. The van der Waals surface area contributed by atoms with Crippen LogP contribution in [0.15, 0.2) is 36.5 Å². The predicted octanol–water partition coefficient (Wildman–Crippen LogP) is 1.44. The molecule has 1 aromatic carbocycles. The number of hydrogen-bond acceptors (Lipinski definition) is 4. The molecule has 0 radical (unpaired) electrons. The second-order valence-corrected chi connectivity index (χ2v) is 6.73. The molecule has 7 heteroatoms. The van der Waals surface area contributed by atoms with Gasteiger partial charge in [0.05, 0.1) is 11.8 Å². The fourth-order valence-corrected chi connectivity index (χ4v) is 3.51. The normalized spacial score (nSPS) is 24.4. The Morgan fingerprint density at radius 2 is 2.08 bits per heavy atom. The van der Waals surface area contributed by atoms with E-state index < -0.39 is 17.5 Å². The smallest absolute Gasteiger partial charge is 0.313 e. The van der Waals surface area contributed by atoms with E-state index in [2.05, 4.69) is 5.10 Å². The third kappa shape index (κ3) is 3.57. The molecule has 0 amide bonds. The maximum Gasteiger partial charge on any atom is 0.313 e.